The van der Waals surface area contributed by atoms with Gasteiger partial charge in [0.1, 0.15) is 0 Å². The molecule has 0 bridgehead atoms. The summed E-state index contributed by atoms with van der Waals surface area (Å²) in [6.07, 6.45) is 5.00. The maximum absolute atomic E-state index is 13.2. The van der Waals surface area contributed by atoms with Gasteiger partial charge in [-0.15, -0.1) is 0 Å². The second-order valence-corrected chi connectivity index (χ2v) is 8.42. The number of dihydropyridines is 1. The molecule has 1 aliphatic heterocycles. The molecule has 1 aromatic carbocycles. The molecule has 0 saturated carbocycles. The predicted molar refractivity (Wildman–Crippen MR) is 131 cm³/mol. The molecule has 0 fully saturated rings. The molecular weight excluding hydrogens is 450 g/mol. The molecule has 1 aromatic heterocycles. The maximum Gasteiger partial charge on any atom is 0.337 e. The molecule has 0 aliphatic carbocycles. The minimum Gasteiger partial charge on any atom is -0.465 e. The number of rotatable bonds is 10. The molecule has 2 heterocycles. The molecular formula is C26H27N3O4S. The number of carbonyl (C=O) groups excluding carboxylic acids is 2. The summed E-state index contributed by atoms with van der Waals surface area (Å²) in [5.41, 5.74) is 2.63. The topological polar surface area (TPSA) is 101 Å². The highest BCUT2D eigenvalue weighted by molar-refractivity contribution is 8.03. The lowest BCUT2D eigenvalue weighted by Crippen LogP contribution is -2.29. The molecule has 8 heteroatoms. The number of aromatic nitrogens is 1. The first-order valence-electron chi connectivity index (χ1n) is 11.2. The third-order valence-corrected chi connectivity index (χ3v) is 6.11. The Bertz CT molecular complexity index is 1110. The number of nitrogens with zero attached hydrogens (tertiary/aromatic N) is 2. The monoisotopic (exact) mass is 477 g/mol. The van der Waals surface area contributed by atoms with Gasteiger partial charge >= 0.3 is 11.9 Å². The fourth-order valence-electron chi connectivity index (χ4n) is 3.54. The quantitative estimate of drug-likeness (QED) is 0.393. The Morgan fingerprint density at radius 1 is 1.15 bits per heavy atom. The van der Waals surface area contributed by atoms with Crippen LogP contribution in [0, 0.1) is 11.3 Å². The number of nitriles is 1. The van der Waals surface area contributed by atoms with Crippen LogP contribution in [0.15, 0.2) is 71.0 Å². The van der Waals surface area contributed by atoms with Crippen LogP contribution in [0.2, 0.25) is 0 Å². The van der Waals surface area contributed by atoms with Gasteiger partial charge in [-0.2, -0.15) is 5.26 Å². The van der Waals surface area contributed by atoms with Crippen LogP contribution >= 0.6 is 11.8 Å². The summed E-state index contributed by atoms with van der Waals surface area (Å²) in [4.78, 5) is 29.6. The third-order valence-electron chi connectivity index (χ3n) is 5.12. The molecule has 0 radical (unpaired) electrons. The molecule has 1 N–H and O–H groups in total. The zero-order chi connectivity index (χ0) is 24.3. The number of esters is 2. The van der Waals surface area contributed by atoms with Gasteiger partial charge < -0.3 is 14.8 Å². The highest BCUT2D eigenvalue weighted by Crippen LogP contribution is 2.43. The van der Waals surface area contributed by atoms with E-state index in [0.29, 0.717) is 34.0 Å². The molecule has 0 saturated heterocycles. The lowest BCUT2D eigenvalue weighted by Gasteiger charge is -2.30. The van der Waals surface area contributed by atoms with Crippen molar-refractivity contribution in [3.63, 3.8) is 0 Å². The Morgan fingerprint density at radius 2 is 1.94 bits per heavy atom. The fourth-order valence-corrected chi connectivity index (χ4v) is 4.38. The molecule has 176 valence electrons. The Hall–Kier alpha value is -3.57. The van der Waals surface area contributed by atoms with Crippen molar-refractivity contribution < 1.29 is 19.1 Å². The number of nitrogens with one attached hydrogen (secondary N) is 1. The Morgan fingerprint density at radius 3 is 2.59 bits per heavy atom. The normalized spacial score (nSPS) is 15.4. The molecule has 34 heavy (non-hydrogen) atoms. The Kier molecular flexibility index (Phi) is 9.30. The zero-order valence-corrected chi connectivity index (χ0v) is 20.1. The van der Waals surface area contributed by atoms with Gasteiger partial charge in [0.2, 0.25) is 0 Å². The largest absolute Gasteiger partial charge is 0.465 e. The lowest BCUT2D eigenvalue weighted by atomic mass is 9.82. The van der Waals surface area contributed by atoms with E-state index in [-0.39, 0.29) is 18.3 Å². The van der Waals surface area contributed by atoms with E-state index in [1.807, 2.05) is 43.3 Å². The van der Waals surface area contributed by atoms with E-state index in [1.54, 1.807) is 25.4 Å². The number of carbonyl (C=O) groups is 2. The van der Waals surface area contributed by atoms with Crippen LogP contribution in [-0.2, 0) is 19.1 Å². The summed E-state index contributed by atoms with van der Waals surface area (Å²) in [6.45, 7) is 4.33. The lowest BCUT2D eigenvalue weighted by molar-refractivity contribution is -0.140. The third kappa shape index (κ3) is 6.06. The first-order valence-corrected chi connectivity index (χ1v) is 12.2. The van der Waals surface area contributed by atoms with Crippen molar-refractivity contribution >= 4 is 29.4 Å². The van der Waals surface area contributed by atoms with Crippen molar-refractivity contribution in [2.75, 3.05) is 19.0 Å². The molecule has 1 atom stereocenters. The van der Waals surface area contributed by atoms with Crippen molar-refractivity contribution in [2.45, 2.75) is 32.6 Å². The van der Waals surface area contributed by atoms with E-state index in [1.165, 1.54) is 11.8 Å². The van der Waals surface area contributed by atoms with Gasteiger partial charge in [0.15, 0.2) is 0 Å². The standard InChI is InChI=1S/C26H27N3O4S/c1-3-5-14-33-21(30)17-34-25-20(15-27)22(19-12-9-13-28-16-19)23(26(31)32-4-2)24(29-25)18-10-7-6-8-11-18/h6-13,16,22,29H,3-5,14,17H2,1-2H3. The summed E-state index contributed by atoms with van der Waals surface area (Å²) in [5, 5.41) is 13.9. The SMILES string of the molecule is CCCCOC(=O)CSC1=C(C#N)C(c2cccnc2)C(C(=O)OCC)=C(c2ccccc2)N1. The first kappa shape index (κ1) is 25.1. The van der Waals surface area contributed by atoms with E-state index >= 15 is 0 Å². The van der Waals surface area contributed by atoms with Crippen LogP contribution in [0.4, 0.5) is 0 Å². The fraction of sp³-hybridized carbons (Fsp3) is 0.308. The smallest absolute Gasteiger partial charge is 0.337 e. The van der Waals surface area contributed by atoms with Crippen molar-refractivity contribution in [1.82, 2.24) is 10.3 Å². The molecule has 2 aromatic rings. The van der Waals surface area contributed by atoms with Crippen LogP contribution in [-0.4, -0.2) is 35.9 Å². The van der Waals surface area contributed by atoms with Crippen LogP contribution in [0.1, 0.15) is 43.7 Å². The zero-order valence-electron chi connectivity index (χ0n) is 19.2. The van der Waals surface area contributed by atoms with E-state index in [0.717, 1.165) is 18.4 Å². The van der Waals surface area contributed by atoms with Crippen LogP contribution in [0.25, 0.3) is 5.70 Å². The second-order valence-electron chi connectivity index (χ2n) is 7.44. The summed E-state index contributed by atoms with van der Waals surface area (Å²) < 4.78 is 10.7. The number of thioether (sulfide) groups is 1. The molecule has 1 aliphatic rings. The van der Waals surface area contributed by atoms with Crippen molar-refractivity contribution in [2.24, 2.45) is 0 Å². The van der Waals surface area contributed by atoms with E-state index in [4.69, 9.17) is 9.47 Å². The molecule has 1 unspecified atom stereocenters. The van der Waals surface area contributed by atoms with E-state index in [9.17, 15) is 14.9 Å². The number of hydrogen-bond donors (Lipinski definition) is 1. The predicted octanol–water partition coefficient (Wildman–Crippen LogP) is 4.55. The Labute approximate surface area is 203 Å². The minimum absolute atomic E-state index is 0.0355. The number of benzene rings is 1. The summed E-state index contributed by atoms with van der Waals surface area (Å²) in [7, 11) is 0. The highest BCUT2D eigenvalue weighted by Gasteiger charge is 2.37. The number of pyridine rings is 1. The van der Waals surface area contributed by atoms with Gasteiger partial charge in [0.05, 0.1) is 52.8 Å². The average molecular weight is 478 g/mol. The maximum atomic E-state index is 13.2. The van der Waals surface area contributed by atoms with Crippen molar-refractivity contribution in [3.05, 3.63) is 82.2 Å². The van der Waals surface area contributed by atoms with Gasteiger partial charge in [-0.1, -0.05) is 61.5 Å². The van der Waals surface area contributed by atoms with Gasteiger partial charge in [0, 0.05) is 12.4 Å². The van der Waals surface area contributed by atoms with Crippen molar-refractivity contribution in [1.29, 1.82) is 5.26 Å². The Balaban J connectivity index is 2.08. The molecule has 0 spiro atoms. The van der Waals surface area contributed by atoms with Gasteiger partial charge in [0.25, 0.3) is 0 Å². The minimum atomic E-state index is -0.701. The second kappa shape index (κ2) is 12.6. The van der Waals surface area contributed by atoms with Crippen LogP contribution < -0.4 is 5.32 Å². The molecule has 7 nitrogen and oxygen atoms in total. The number of ether oxygens (including phenoxy) is 2. The van der Waals surface area contributed by atoms with Gasteiger partial charge in [-0.3, -0.25) is 9.78 Å². The number of allylic oxidation sites excluding steroid dienone is 1. The molecule has 0 amide bonds. The van der Waals surface area contributed by atoms with Crippen LogP contribution in [0.5, 0.6) is 0 Å². The highest BCUT2D eigenvalue weighted by atomic mass is 32.2. The number of hydrogen-bond acceptors (Lipinski definition) is 8. The van der Waals surface area contributed by atoms with E-state index in [2.05, 4.69) is 16.4 Å². The van der Waals surface area contributed by atoms with Crippen molar-refractivity contribution in [3.8, 4) is 6.07 Å². The summed E-state index contributed by atoms with van der Waals surface area (Å²) in [5.74, 6) is -1.54. The van der Waals surface area contributed by atoms with Gasteiger partial charge in [-0.25, -0.2) is 4.79 Å². The van der Waals surface area contributed by atoms with E-state index < -0.39 is 11.9 Å². The summed E-state index contributed by atoms with van der Waals surface area (Å²) in [6, 6.07) is 15.2. The first-order chi connectivity index (χ1) is 16.6. The molecule has 3 rings (SSSR count). The average Bonchev–Trinajstić information content (AvgIpc) is 2.87. The van der Waals surface area contributed by atoms with Crippen LogP contribution in [0.3, 0.4) is 0 Å². The van der Waals surface area contributed by atoms with Gasteiger partial charge in [-0.05, 0) is 30.5 Å². The number of unbranched alkanes of at least 4 members (excludes halogenated alkanes) is 1. The summed E-state index contributed by atoms with van der Waals surface area (Å²) >= 11 is 1.18.